The van der Waals surface area contributed by atoms with Gasteiger partial charge < -0.3 is 20.5 Å². The van der Waals surface area contributed by atoms with E-state index in [1.165, 1.54) is 32.1 Å². The Balaban J connectivity index is 1.85. The van der Waals surface area contributed by atoms with E-state index >= 15 is 0 Å². The van der Waals surface area contributed by atoms with E-state index < -0.39 is 5.97 Å². The molecule has 1 aromatic heterocycles. The average Bonchev–Trinajstić information content (AvgIpc) is 2.80. The van der Waals surface area contributed by atoms with Crippen LogP contribution in [-0.4, -0.2) is 33.7 Å². The van der Waals surface area contributed by atoms with Crippen molar-refractivity contribution >= 4 is 23.0 Å². The number of aliphatic carboxylic acids is 1. The summed E-state index contributed by atoms with van der Waals surface area (Å²) in [4.78, 5) is 19.8. The van der Waals surface area contributed by atoms with E-state index in [0.717, 1.165) is 29.0 Å². The quantitative estimate of drug-likeness (QED) is 0.396. The summed E-state index contributed by atoms with van der Waals surface area (Å²) in [6.07, 6.45) is 10.8. The number of nitrogens with one attached hydrogen (secondary N) is 2. The van der Waals surface area contributed by atoms with Gasteiger partial charge in [0.1, 0.15) is 0 Å². The van der Waals surface area contributed by atoms with Crippen LogP contribution in [0, 0.1) is 5.92 Å². The minimum absolute atomic E-state index is 0.0329. The third-order valence-corrected chi connectivity index (χ3v) is 6.35. The summed E-state index contributed by atoms with van der Waals surface area (Å²) in [7, 11) is 0. The molecule has 3 rings (SSSR count). The van der Waals surface area contributed by atoms with E-state index in [1.807, 2.05) is 19.9 Å². The van der Waals surface area contributed by atoms with Gasteiger partial charge in [0.2, 0.25) is 0 Å². The molecule has 0 aliphatic heterocycles. The third-order valence-electron chi connectivity index (χ3n) is 6.35. The highest BCUT2D eigenvalue weighted by molar-refractivity contribution is 5.76. The lowest BCUT2D eigenvalue weighted by Gasteiger charge is -2.30. The summed E-state index contributed by atoms with van der Waals surface area (Å²) in [5.41, 5.74) is 3.68. The van der Waals surface area contributed by atoms with Gasteiger partial charge in [-0.05, 0) is 62.6 Å². The second-order valence-corrected chi connectivity index (χ2v) is 8.65. The molecule has 0 saturated heterocycles. The molecule has 2 aromatic rings. The Morgan fingerprint density at radius 3 is 2.50 bits per heavy atom. The number of anilines is 3. The maximum absolute atomic E-state index is 11.3. The Bertz CT molecular complexity index is 866. The first-order valence-corrected chi connectivity index (χ1v) is 11.8. The SMILES string of the molecule is CCOc1ncc(Nc2cc(C(CC)CC(=O)O)ccc2N[C@H](C)C2CCCCC2)cn1. The summed E-state index contributed by atoms with van der Waals surface area (Å²) in [6.45, 7) is 6.70. The van der Waals surface area contributed by atoms with Crippen molar-refractivity contribution < 1.29 is 14.6 Å². The monoisotopic (exact) mass is 440 g/mol. The Labute approximate surface area is 191 Å². The van der Waals surface area contributed by atoms with Crippen molar-refractivity contribution in [2.45, 2.75) is 77.7 Å². The highest BCUT2D eigenvalue weighted by Crippen LogP contribution is 2.34. The van der Waals surface area contributed by atoms with Gasteiger partial charge in [0.15, 0.2) is 0 Å². The molecule has 1 fully saturated rings. The van der Waals surface area contributed by atoms with Crippen molar-refractivity contribution in [1.82, 2.24) is 9.97 Å². The molecule has 1 aliphatic carbocycles. The molecule has 1 saturated carbocycles. The van der Waals surface area contributed by atoms with Crippen molar-refractivity contribution in [1.29, 1.82) is 0 Å². The van der Waals surface area contributed by atoms with Crippen LogP contribution in [0.3, 0.4) is 0 Å². The Hall–Kier alpha value is -2.83. The van der Waals surface area contributed by atoms with Gasteiger partial charge in [0, 0.05) is 6.04 Å². The number of nitrogens with zero attached hydrogens (tertiary/aromatic N) is 2. The Morgan fingerprint density at radius 1 is 1.16 bits per heavy atom. The molecular weight excluding hydrogens is 404 g/mol. The van der Waals surface area contributed by atoms with E-state index in [-0.39, 0.29) is 12.3 Å². The first-order chi connectivity index (χ1) is 15.5. The molecule has 7 nitrogen and oxygen atoms in total. The summed E-state index contributed by atoms with van der Waals surface area (Å²) in [5, 5.41) is 16.5. The Kier molecular flexibility index (Phi) is 8.71. The topological polar surface area (TPSA) is 96.4 Å². The lowest BCUT2D eigenvalue weighted by atomic mass is 9.84. The summed E-state index contributed by atoms with van der Waals surface area (Å²) in [5.74, 6) is -0.144. The van der Waals surface area contributed by atoms with Crippen LogP contribution in [0.4, 0.5) is 17.1 Å². The summed E-state index contributed by atoms with van der Waals surface area (Å²) >= 11 is 0. The number of carbonyl (C=O) groups is 1. The highest BCUT2D eigenvalue weighted by Gasteiger charge is 2.22. The second-order valence-electron chi connectivity index (χ2n) is 8.65. The lowest BCUT2D eigenvalue weighted by molar-refractivity contribution is -0.137. The molecule has 1 aliphatic rings. The molecule has 1 unspecified atom stereocenters. The molecule has 3 N–H and O–H groups in total. The number of hydrogen-bond acceptors (Lipinski definition) is 6. The van der Waals surface area contributed by atoms with Gasteiger partial charge in [-0.2, -0.15) is 0 Å². The van der Waals surface area contributed by atoms with Crippen LogP contribution in [0.5, 0.6) is 6.01 Å². The molecule has 2 atom stereocenters. The van der Waals surface area contributed by atoms with Crippen molar-refractivity contribution in [2.24, 2.45) is 5.92 Å². The van der Waals surface area contributed by atoms with Crippen LogP contribution in [0.2, 0.25) is 0 Å². The molecule has 32 heavy (non-hydrogen) atoms. The number of ether oxygens (including phenoxy) is 1. The summed E-state index contributed by atoms with van der Waals surface area (Å²) in [6, 6.07) is 6.88. The van der Waals surface area contributed by atoms with Crippen LogP contribution >= 0.6 is 0 Å². The zero-order chi connectivity index (χ0) is 22.9. The van der Waals surface area contributed by atoms with E-state index in [0.29, 0.717) is 24.6 Å². The fraction of sp³-hybridized carbons (Fsp3) is 0.560. The minimum Gasteiger partial charge on any atom is -0.481 e. The van der Waals surface area contributed by atoms with Gasteiger partial charge in [0.05, 0.1) is 42.5 Å². The largest absolute Gasteiger partial charge is 0.481 e. The normalized spacial score (nSPS) is 16.2. The number of rotatable bonds is 11. The Morgan fingerprint density at radius 2 is 1.88 bits per heavy atom. The standard InChI is InChI=1S/C25H36N4O3/c1-4-18(14-24(30)31)20-11-12-22(28-17(3)19-9-7-6-8-10-19)23(13-20)29-21-15-26-25(27-16-21)32-5-2/h11-13,15-19,28-29H,4-10,14H2,1-3H3,(H,30,31)/t17-,18?/m1/s1. The first-order valence-electron chi connectivity index (χ1n) is 11.8. The van der Waals surface area contributed by atoms with Crippen LogP contribution < -0.4 is 15.4 Å². The fourth-order valence-electron chi connectivity index (χ4n) is 4.49. The molecule has 0 bridgehead atoms. The van der Waals surface area contributed by atoms with Crippen molar-refractivity contribution in [3.8, 4) is 6.01 Å². The number of aromatic nitrogens is 2. The van der Waals surface area contributed by atoms with Crippen LogP contribution in [-0.2, 0) is 4.79 Å². The average molecular weight is 441 g/mol. The number of carboxylic acids is 1. The number of hydrogen-bond donors (Lipinski definition) is 3. The van der Waals surface area contributed by atoms with Gasteiger partial charge in [-0.1, -0.05) is 32.3 Å². The van der Waals surface area contributed by atoms with Crippen LogP contribution in [0.1, 0.15) is 77.2 Å². The number of carboxylic acid groups (broad SMARTS) is 1. The first kappa shape index (κ1) is 23.8. The predicted molar refractivity (Wildman–Crippen MR) is 128 cm³/mol. The van der Waals surface area contributed by atoms with Crippen molar-refractivity contribution in [2.75, 3.05) is 17.2 Å². The molecule has 0 radical (unpaired) electrons. The molecule has 0 amide bonds. The molecular formula is C25H36N4O3. The molecule has 7 heteroatoms. The third kappa shape index (κ3) is 6.58. The van der Waals surface area contributed by atoms with Crippen molar-refractivity contribution in [3.05, 3.63) is 36.2 Å². The van der Waals surface area contributed by atoms with Gasteiger partial charge in [0.25, 0.3) is 0 Å². The maximum Gasteiger partial charge on any atom is 0.316 e. The smallest absolute Gasteiger partial charge is 0.316 e. The van der Waals surface area contributed by atoms with E-state index in [2.05, 4.69) is 39.7 Å². The lowest BCUT2D eigenvalue weighted by Crippen LogP contribution is -2.28. The zero-order valence-corrected chi connectivity index (χ0v) is 19.4. The molecule has 1 heterocycles. The zero-order valence-electron chi connectivity index (χ0n) is 19.4. The van der Waals surface area contributed by atoms with Crippen molar-refractivity contribution in [3.63, 3.8) is 0 Å². The van der Waals surface area contributed by atoms with E-state index in [1.54, 1.807) is 12.4 Å². The molecule has 174 valence electrons. The molecule has 1 aromatic carbocycles. The minimum atomic E-state index is -0.778. The van der Waals surface area contributed by atoms with E-state index in [4.69, 9.17) is 4.74 Å². The second kappa shape index (κ2) is 11.7. The highest BCUT2D eigenvalue weighted by atomic mass is 16.5. The molecule has 0 spiro atoms. The fourth-order valence-corrected chi connectivity index (χ4v) is 4.49. The van der Waals surface area contributed by atoms with Crippen LogP contribution in [0.25, 0.3) is 0 Å². The van der Waals surface area contributed by atoms with Gasteiger partial charge in [-0.15, -0.1) is 0 Å². The predicted octanol–water partition coefficient (Wildman–Crippen LogP) is 5.97. The van der Waals surface area contributed by atoms with Gasteiger partial charge in [-0.3, -0.25) is 4.79 Å². The number of benzene rings is 1. The maximum atomic E-state index is 11.3. The van der Waals surface area contributed by atoms with E-state index in [9.17, 15) is 9.90 Å². The van der Waals surface area contributed by atoms with Crippen LogP contribution in [0.15, 0.2) is 30.6 Å². The summed E-state index contributed by atoms with van der Waals surface area (Å²) < 4.78 is 5.34. The van der Waals surface area contributed by atoms with Gasteiger partial charge in [-0.25, -0.2) is 9.97 Å². The van der Waals surface area contributed by atoms with Gasteiger partial charge >= 0.3 is 12.0 Å².